The average molecular weight is 437 g/mol. The molecule has 8 heteroatoms. The standard InChI is InChI=1S/C24H27N3O5/c1-15(2)31-21-12-19(23(28)26-20-10-9-18(14-25-20)24(29)30)13-22(27-21)32-16(3)11-17-7-5-4-6-8-17/h5,7-10,12-16H,4,6,11H2,1-3H3,(H,29,30)(H,25,26,28). The van der Waals surface area contributed by atoms with Crippen molar-refractivity contribution in [1.29, 1.82) is 0 Å². The summed E-state index contributed by atoms with van der Waals surface area (Å²) in [5, 5.41) is 11.6. The fourth-order valence-electron chi connectivity index (χ4n) is 3.16. The van der Waals surface area contributed by atoms with Crippen molar-refractivity contribution in [1.82, 2.24) is 9.97 Å². The second-order valence-corrected chi connectivity index (χ2v) is 7.78. The van der Waals surface area contributed by atoms with Crippen LogP contribution in [0.2, 0.25) is 0 Å². The fraction of sp³-hybridized carbons (Fsp3) is 0.333. The van der Waals surface area contributed by atoms with E-state index in [0.29, 0.717) is 5.56 Å². The summed E-state index contributed by atoms with van der Waals surface area (Å²) in [6, 6.07) is 5.88. The molecule has 2 aromatic rings. The maximum Gasteiger partial charge on any atom is 0.337 e. The molecule has 168 valence electrons. The van der Waals surface area contributed by atoms with Crippen LogP contribution >= 0.6 is 0 Å². The van der Waals surface area contributed by atoms with Gasteiger partial charge in [-0.3, -0.25) is 4.79 Å². The molecule has 2 N–H and O–H groups in total. The van der Waals surface area contributed by atoms with Gasteiger partial charge in [-0.25, -0.2) is 9.78 Å². The molecular weight excluding hydrogens is 410 g/mol. The maximum absolute atomic E-state index is 12.8. The monoisotopic (exact) mass is 437 g/mol. The Morgan fingerprint density at radius 3 is 2.44 bits per heavy atom. The number of carboxylic acids is 1. The second kappa shape index (κ2) is 10.6. The Morgan fingerprint density at radius 2 is 1.84 bits per heavy atom. The van der Waals surface area contributed by atoms with Gasteiger partial charge in [0, 0.05) is 24.8 Å². The molecule has 2 heterocycles. The first kappa shape index (κ1) is 23.0. The zero-order valence-electron chi connectivity index (χ0n) is 18.4. The highest BCUT2D eigenvalue weighted by Gasteiger charge is 2.16. The molecule has 1 aliphatic carbocycles. The van der Waals surface area contributed by atoms with E-state index in [4.69, 9.17) is 14.6 Å². The lowest BCUT2D eigenvalue weighted by Gasteiger charge is -2.18. The third-order valence-corrected chi connectivity index (χ3v) is 4.57. The van der Waals surface area contributed by atoms with E-state index in [1.807, 2.05) is 20.8 Å². The van der Waals surface area contributed by atoms with Crippen molar-refractivity contribution in [2.45, 2.75) is 52.2 Å². The summed E-state index contributed by atoms with van der Waals surface area (Å²) >= 11 is 0. The number of amides is 1. The molecule has 1 atom stereocenters. The van der Waals surface area contributed by atoms with Crippen LogP contribution in [0.1, 0.15) is 60.7 Å². The normalized spacial score (nSPS) is 13.9. The molecule has 0 aliphatic heterocycles. The van der Waals surface area contributed by atoms with Crippen LogP contribution in [0.4, 0.5) is 5.82 Å². The minimum Gasteiger partial charge on any atom is -0.478 e. The molecule has 8 nitrogen and oxygen atoms in total. The van der Waals surface area contributed by atoms with Gasteiger partial charge in [0.1, 0.15) is 11.9 Å². The van der Waals surface area contributed by atoms with E-state index in [-0.39, 0.29) is 35.3 Å². The molecule has 0 saturated heterocycles. The summed E-state index contributed by atoms with van der Waals surface area (Å²) in [6.07, 6.45) is 10.2. The Bertz CT molecular complexity index is 1030. The number of pyridine rings is 2. The zero-order valence-corrected chi connectivity index (χ0v) is 18.4. The molecule has 1 aliphatic rings. The van der Waals surface area contributed by atoms with Crippen LogP contribution in [0.25, 0.3) is 0 Å². The number of carboxylic acid groups (broad SMARTS) is 1. The van der Waals surface area contributed by atoms with Gasteiger partial charge < -0.3 is 19.9 Å². The summed E-state index contributed by atoms with van der Waals surface area (Å²) < 4.78 is 11.7. The lowest BCUT2D eigenvalue weighted by Crippen LogP contribution is -2.17. The van der Waals surface area contributed by atoms with E-state index in [2.05, 4.69) is 33.5 Å². The minimum atomic E-state index is -1.09. The Morgan fingerprint density at radius 1 is 1.09 bits per heavy atom. The number of carbonyl (C=O) groups excluding carboxylic acids is 1. The van der Waals surface area contributed by atoms with Crippen LogP contribution < -0.4 is 14.8 Å². The Kier molecular flexibility index (Phi) is 7.59. The van der Waals surface area contributed by atoms with Crippen molar-refractivity contribution in [3.63, 3.8) is 0 Å². The quantitative estimate of drug-likeness (QED) is 0.587. The van der Waals surface area contributed by atoms with E-state index in [0.717, 1.165) is 19.3 Å². The van der Waals surface area contributed by atoms with Gasteiger partial charge in [-0.15, -0.1) is 0 Å². The van der Waals surface area contributed by atoms with Crippen LogP contribution in [0.3, 0.4) is 0 Å². The van der Waals surface area contributed by atoms with E-state index in [9.17, 15) is 9.59 Å². The van der Waals surface area contributed by atoms with E-state index >= 15 is 0 Å². The van der Waals surface area contributed by atoms with Gasteiger partial charge in [0.25, 0.3) is 5.91 Å². The van der Waals surface area contributed by atoms with Gasteiger partial charge in [0.05, 0.1) is 17.2 Å². The van der Waals surface area contributed by atoms with Crippen molar-refractivity contribution < 1.29 is 24.2 Å². The first-order valence-corrected chi connectivity index (χ1v) is 10.5. The van der Waals surface area contributed by atoms with Gasteiger partial charge in [-0.1, -0.05) is 18.2 Å². The number of carbonyl (C=O) groups is 2. The molecule has 3 rings (SSSR count). The average Bonchev–Trinajstić information content (AvgIpc) is 2.74. The second-order valence-electron chi connectivity index (χ2n) is 7.78. The minimum absolute atomic E-state index is 0.0344. The molecule has 0 bridgehead atoms. The Hall–Kier alpha value is -3.68. The summed E-state index contributed by atoms with van der Waals surface area (Å²) in [5.41, 5.74) is 1.54. The number of nitrogens with zero attached hydrogens (tertiary/aromatic N) is 2. The highest BCUT2D eigenvalue weighted by Crippen LogP contribution is 2.23. The van der Waals surface area contributed by atoms with Crippen molar-refractivity contribution in [3.05, 3.63) is 65.4 Å². The van der Waals surface area contributed by atoms with Crippen LogP contribution in [0, 0.1) is 0 Å². The highest BCUT2D eigenvalue weighted by molar-refractivity contribution is 6.04. The SMILES string of the molecule is CC(C)Oc1cc(C(=O)Nc2ccc(C(=O)O)cn2)cc(OC(C)CC2=CCCC=C2)n1. The number of rotatable bonds is 9. The molecule has 1 amide bonds. The number of ether oxygens (including phenoxy) is 2. The van der Waals surface area contributed by atoms with Gasteiger partial charge in [0.2, 0.25) is 11.8 Å². The van der Waals surface area contributed by atoms with Crippen LogP contribution in [-0.2, 0) is 0 Å². The highest BCUT2D eigenvalue weighted by atomic mass is 16.5. The van der Waals surface area contributed by atoms with Gasteiger partial charge >= 0.3 is 5.97 Å². The third kappa shape index (κ3) is 6.66. The molecular formula is C24H27N3O5. The molecule has 0 spiro atoms. The lowest BCUT2D eigenvalue weighted by atomic mass is 10.0. The zero-order chi connectivity index (χ0) is 23.1. The third-order valence-electron chi connectivity index (χ3n) is 4.57. The van der Waals surface area contributed by atoms with E-state index in [1.54, 1.807) is 6.07 Å². The molecule has 0 fully saturated rings. The van der Waals surface area contributed by atoms with Crippen molar-refractivity contribution in [2.75, 3.05) is 5.32 Å². The van der Waals surface area contributed by atoms with E-state index < -0.39 is 11.9 Å². The number of aromatic nitrogens is 2. The fourth-order valence-corrected chi connectivity index (χ4v) is 3.16. The van der Waals surface area contributed by atoms with Gasteiger partial charge in [-0.05, 0) is 51.3 Å². The lowest BCUT2D eigenvalue weighted by molar-refractivity contribution is 0.0696. The Labute approximate surface area is 187 Å². The van der Waals surface area contributed by atoms with Gasteiger partial charge in [0.15, 0.2) is 0 Å². The molecule has 2 aromatic heterocycles. The number of allylic oxidation sites excluding steroid dienone is 3. The summed E-state index contributed by atoms with van der Waals surface area (Å²) in [4.78, 5) is 32.1. The van der Waals surface area contributed by atoms with Crippen molar-refractivity contribution >= 4 is 17.7 Å². The number of hydrogen-bond donors (Lipinski definition) is 2. The van der Waals surface area contributed by atoms with Crippen molar-refractivity contribution in [3.8, 4) is 11.8 Å². The van der Waals surface area contributed by atoms with Crippen LogP contribution in [0.5, 0.6) is 11.8 Å². The topological polar surface area (TPSA) is 111 Å². The largest absolute Gasteiger partial charge is 0.478 e. The van der Waals surface area contributed by atoms with E-state index in [1.165, 1.54) is 30.0 Å². The molecule has 0 radical (unpaired) electrons. The molecule has 32 heavy (non-hydrogen) atoms. The predicted octanol–water partition coefficient (Wildman–Crippen LogP) is 4.65. The number of aromatic carboxylic acids is 1. The summed E-state index contributed by atoms with van der Waals surface area (Å²) in [5.74, 6) is -0.728. The summed E-state index contributed by atoms with van der Waals surface area (Å²) in [6.45, 7) is 5.69. The number of anilines is 1. The molecule has 0 aromatic carbocycles. The first-order valence-electron chi connectivity index (χ1n) is 10.5. The Balaban J connectivity index is 1.76. The number of nitrogens with one attached hydrogen (secondary N) is 1. The van der Waals surface area contributed by atoms with Crippen LogP contribution in [0.15, 0.2) is 54.3 Å². The molecule has 0 saturated carbocycles. The smallest absolute Gasteiger partial charge is 0.337 e. The first-order chi connectivity index (χ1) is 15.3. The van der Waals surface area contributed by atoms with Gasteiger partial charge in [-0.2, -0.15) is 4.98 Å². The van der Waals surface area contributed by atoms with Crippen LogP contribution in [-0.4, -0.2) is 39.2 Å². The maximum atomic E-state index is 12.8. The van der Waals surface area contributed by atoms with Crippen molar-refractivity contribution in [2.24, 2.45) is 0 Å². The summed E-state index contributed by atoms with van der Waals surface area (Å²) in [7, 11) is 0. The molecule has 1 unspecified atom stereocenters. The number of hydrogen-bond acceptors (Lipinski definition) is 6. The predicted molar refractivity (Wildman–Crippen MR) is 120 cm³/mol.